The van der Waals surface area contributed by atoms with Crippen molar-refractivity contribution in [2.24, 2.45) is 5.73 Å². The Hall–Kier alpha value is -2.99. The number of nitrogens with zero attached hydrogens (tertiary/aromatic N) is 1. The zero-order valence-electron chi connectivity index (χ0n) is 16.1. The van der Waals surface area contributed by atoms with E-state index in [-0.39, 0.29) is 18.0 Å². The van der Waals surface area contributed by atoms with Crippen LogP contribution in [-0.2, 0) is 0 Å². The van der Waals surface area contributed by atoms with Crippen LogP contribution < -0.4 is 10.5 Å². The van der Waals surface area contributed by atoms with Crippen LogP contribution in [0.15, 0.2) is 59.5 Å². The SMILES string of the molecule is CSc1cccc(-n2c(C)cc(C(=O)COc3ccccc3C(N)=O)c2C)c1. The summed E-state index contributed by atoms with van der Waals surface area (Å²) in [5.74, 6) is -0.431. The molecule has 0 bridgehead atoms. The van der Waals surface area contributed by atoms with Gasteiger partial charge in [0.1, 0.15) is 5.75 Å². The van der Waals surface area contributed by atoms with Gasteiger partial charge >= 0.3 is 0 Å². The minimum Gasteiger partial charge on any atom is -0.485 e. The monoisotopic (exact) mass is 394 g/mol. The molecule has 0 saturated heterocycles. The number of hydrogen-bond donors (Lipinski definition) is 1. The standard InChI is InChI=1S/C22H22N2O3S/c1-14-11-19(15(2)24(14)16-7-6-8-17(12-16)28-3)20(25)13-27-21-10-5-4-9-18(21)22(23)26/h4-12H,13H2,1-3H3,(H2,23,26). The van der Waals surface area contributed by atoms with Crippen LogP contribution in [0.3, 0.4) is 0 Å². The van der Waals surface area contributed by atoms with E-state index >= 15 is 0 Å². The van der Waals surface area contributed by atoms with Crippen molar-refractivity contribution in [2.75, 3.05) is 12.9 Å². The first-order valence-electron chi connectivity index (χ1n) is 8.80. The van der Waals surface area contributed by atoms with E-state index in [2.05, 4.69) is 16.7 Å². The number of benzene rings is 2. The van der Waals surface area contributed by atoms with E-state index in [4.69, 9.17) is 10.5 Å². The quantitative estimate of drug-likeness (QED) is 0.482. The van der Waals surface area contributed by atoms with Crippen molar-refractivity contribution in [2.45, 2.75) is 18.7 Å². The van der Waals surface area contributed by atoms with Crippen LogP contribution in [-0.4, -0.2) is 29.1 Å². The second-order valence-electron chi connectivity index (χ2n) is 6.39. The van der Waals surface area contributed by atoms with E-state index in [0.29, 0.717) is 11.3 Å². The molecule has 0 spiro atoms. The molecule has 3 aromatic rings. The van der Waals surface area contributed by atoms with Crippen molar-refractivity contribution in [1.82, 2.24) is 4.57 Å². The second kappa shape index (κ2) is 8.35. The predicted molar refractivity (Wildman–Crippen MR) is 112 cm³/mol. The lowest BCUT2D eigenvalue weighted by molar-refractivity contribution is 0.0911. The molecule has 1 heterocycles. The molecule has 3 rings (SSSR count). The zero-order chi connectivity index (χ0) is 20.3. The van der Waals surface area contributed by atoms with Crippen molar-refractivity contribution in [3.05, 3.63) is 77.1 Å². The van der Waals surface area contributed by atoms with Crippen molar-refractivity contribution in [1.29, 1.82) is 0 Å². The Balaban J connectivity index is 1.85. The molecule has 0 radical (unpaired) electrons. The third kappa shape index (κ3) is 3.97. The molecule has 1 aromatic heterocycles. The molecule has 2 aromatic carbocycles. The number of primary amides is 1. The molecular weight excluding hydrogens is 372 g/mol. The maximum Gasteiger partial charge on any atom is 0.252 e. The number of carbonyl (C=O) groups excluding carboxylic acids is 2. The first kappa shape index (κ1) is 19.8. The lowest BCUT2D eigenvalue weighted by Crippen LogP contribution is -2.17. The number of rotatable bonds is 7. The summed E-state index contributed by atoms with van der Waals surface area (Å²) < 4.78 is 7.66. The fourth-order valence-corrected chi connectivity index (χ4v) is 3.66. The van der Waals surface area contributed by atoms with E-state index < -0.39 is 5.91 Å². The zero-order valence-corrected chi connectivity index (χ0v) is 16.9. The number of Topliss-reactive ketones (excluding diaryl/α,β-unsaturated/α-hetero) is 1. The van der Waals surface area contributed by atoms with Crippen LogP contribution in [0.2, 0.25) is 0 Å². The maximum atomic E-state index is 12.8. The number of aryl methyl sites for hydroxylation is 1. The highest BCUT2D eigenvalue weighted by atomic mass is 32.2. The second-order valence-corrected chi connectivity index (χ2v) is 7.27. The largest absolute Gasteiger partial charge is 0.485 e. The van der Waals surface area contributed by atoms with E-state index in [1.54, 1.807) is 36.0 Å². The van der Waals surface area contributed by atoms with Gasteiger partial charge in [-0.15, -0.1) is 11.8 Å². The summed E-state index contributed by atoms with van der Waals surface area (Å²) in [6.07, 6.45) is 2.03. The van der Waals surface area contributed by atoms with Gasteiger partial charge in [0.2, 0.25) is 5.78 Å². The molecule has 0 unspecified atom stereocenters. The molecule has 0 aliphatic carbocycles. The van der Waals surface area contributed by atoms with Gasteiger partial charge in [0.15, 0.2) is 6.61 Å². The lowest BCUT2D eigenvalue weighted by Gasteiger charge is -2.11. The first-order chi connectivity index (χ1) is 13.4. The molecular formula is C22H22N2O3S. The molecule has 0 fully saturated rings. The molecule has 6 heteroatoms. The Morgan fingerprint density at radius 2 is 1.79 bits per heavy atom. The molecule has 0 saturated carbocycles. The van der Waals surface area contributed by atoms with E-state index in [0.717, 1.165) is 22.0 Å². The Labute approximate surface area is 168 Å². The molecule has 0 aliphatic heterocycles. The first-order valence-corrected chi connectivity index (χ1v) is 10.0. The summed E-state index contributed by atoms with van der Waals surface area (Å²) in [6.45, 7) is 3.72. The number of aromatic nitrogens is 1. The molecule has 28 heavy (non-hydrogen) atoms. The lowest BCUT2D eigenvalue weighted by atomic mass is 10.1. The number of para-hydroxylation sites is 1. The van der Waals surface area contributed by atoms with Gasteiger partial charge in [-0.2, -0.15) is 0 Å². The van der Waals surface area contributed by atoms with Crippen LogP contribution in [0.1, 0.15) is 32.1 Å². The fraction of sp³-hybridized carbons (Fsp3) is 0.182. The van der Waals surface area contributed by atoms with Crippen molar-refractivity contribution in [3.63, 3.8) is 0 Å². The number of ketones is 1. The average Bonchev–Trinajstić information content (AvgIpc) is 3.00. The van der Waals surface area contributed by atoms with Crippen LogP contribution in [0, 0.1) is 13.8 Å². The van der Waals surface area contributed by atoms with Gasteiger partial charge in [-0.3, -0.25) is 9.59 Å². The van der Waals surface area contributed by atoms with E-state index in [9.17, 15) is 9.59 Å². The fourth-order valence-electron chi connectivity index (χ4n) is 3.21. The Kier molecular flexibility index (Phi) is 5.90. The number of carbonyl (C=O) groups is 2. The maximum absolute atomic E-state index is 12.8. The third-order valence-corrected chi connectivity index (χ3v) is 5.28. The summed E-state index contributed by atoms with van der Waals surface area (Å²) >= 11 is 1.67. The van der Waals surface area contributed by atoms with Crippen LogP contribution in [0.5, 0.6) is 5.75 Å². The number of thioether (sulfide) groups is 1. The van der Waals surface area contributed by atoms with Gasteiger partial charge in [-0.05, 0) is 56.5 Å². The van der Waals surface area contributed by atoms with Crippen molar-refractivity contribution < 1.29 is 14.3 Å². The highest BCUT2D eigenvalue weighted by molar-refractivity contribution is 7.98. The topological polar surface area (TPSA) is 74.3 Å². The van der Waals surface area contributed by atoms with Crippen LogP contribution in [0.25, 0.3) is 5.69 Å². The number of amides is 1. The van der Waals surface area contributed by atoms with Gasteiger partial charge in [-0.25, -0.2) is 0 Å². The van der Waals surface area contributed by atoms with Gasteiger partial charge in [0.05, 0.1) is 5.56 Å². The normalized spacial score (nSPS) is 10.7. The molecule has 5 nitrogen and oxygen atoms in total. The Bertz CT molecular complexity index is 1040. The molecule has 144 valence electrons. The van der Waals surface area contributed by atoms with E-state index in [1.807, 2.05) is 38.3 Å². The number of hydrogen-bond acceptors (Lipinski definition) is 4. The molecule has 2 N–H and O–H groups in total. The summed E-state index contributed by atoms with van der Waals surface area (Å²) in [6, 6.07) is 16.7. The van der Waals surface area contributed by atoms with Crippen molar-refractivity contribution in [3.8, 4) is 11.4 Å². The molecule has 0 atom stereocenters. The predicted octanol–water partition coefficient (Wildman–Crippen LogP) is 4.18. The third-order valence-electron chi connectivity index (χ3n) is 4.55. The van der Waals surface area contributed by atoms with Gasteiger partial charge in [0, 0.05) is 27.5 Å². The molecule has 1 amide bonds. The molecule has 0 aliphatic rings. The summed E-state index contributed by atoms with van der Waals surface area (Å²) in [4.78, 5) is 25.4. The van der Waals surface area contributed by atoms with Crippen LogP contribution in [0.4, 0.5) is 0 Å². The smallest absolute Gasteiger partial charge is 0.252 e. The van der Waals surface area contributed by atoms with E-state index in [1.165, 1.54) is 0 Å². The Morgan fingerprint density at radius 3 is 2.50 bits per heavy atom. The Morgan fingerprint density at radius 1 is 1.04 bits per heavy atom. The minimum absolute atomic E-state index is 0.153. The highest BCUT2D eigenvalue weighted by Gasteiger charge is 2.18. The minimum atomic E-state index is -0.588. The number of ether oxygens (including phenoxy) is 1. The average molecular weight is 394 g/mol. The van der Waals surface area contributed by atoms with Gasteiger partial charge in [-0.1, -0.05) is 18.2 Å². The van der Waals surface area contributed by atoms with Crippen LogP contribution >= 0.6 is 11.8 Å². The highest BCUT2D eigenvalue weighted by Crippen LogP contribution is 2.25. The summed E-state index contributed by atoms with van der Waals surface area (Å²) in [5, 5.41) is 0. The van der Waals surface area contributed by atoms with Gasteiger partial charge < -0.3 is 15.0 Å². The van der Waals surface area contributed by atoms with Crippen molar-refractivity contribution >= 4 is 23.5 Å². The summed E-state index contributed by atoms with van der Waals surface area (Å²) in [5.41, 5.74) is 9.06. The number of nitrogens with two attached hydrogens (primary N) is 1. The van der Waals surface area contributed by atoms with Gasteiger partial charge in [0.25, 0.3) is 5.91 Å². The summed E-state index contributed by atoms with van der Waals surface area (Å²) in [7, 11) is 0.